The topological polar surface area (TPSA) is 77.3 Å². The van der Waals surface area contributed by atoms with Crippen molar-refractivity contribution in [3.05, 3.63) is 64.7 Å². The normalized spacial score (nSPS) is 21.2. The largest absolute Gasteiger partial charge is 0.872 e. The molecule has 7 heteroatoms. The van der Waals surface area contributed by atoms with Gasteiger partial charge in [-0.1, -0.05) is 24.0 Å². The number of anilines is 1. The van der Waals surface area contributed by atoms with Crippen LogP contribution >= 0.6 is 0 Å². The molecule has 2 aliphatic rings. The molecule has 0 spiro atoms. The van der Waals surface area contributed by atoms with Gasteiger partial charge >= 0.3 is 0 Å². The molecule has 1 saturated heterocycles. The maximum atomic E-state index is 13.7. The highest BCUT2D eigenvalue weighted by molar-refractivity contribution is 6.46. The fraction of sp³-hybridized carbons (Fsp3) is 0.407. The minimum Gasteiger partial charge on any atom is -0.872 e. The molecule has 1 fully saturated rings. The number of rotatable bonds is 7. The van der Waals surface area contributed by atoms with Crippen LogP contribution in [0.4, 0.5) is 5.69 Å². The van der Waals surface area contributed by atoms with Gasteiger partial charge in [-0.25, -0.2) is 0 Å². The number of quaternary nitrogens is 1. The first-order chi connectivity index (χ1) is 16.2. The third kappa shape index (κ3) is 4.53. The molecule has 2 heterocycles. The van der Waals surface area contributed by atoms with Crippen molar-refractivity contribution in [2.24, 2.45) is 0 Å². The Morgan fingerprint density at radius 2 is 1.85 bits per heavy atom. The van der Waals surface area contributed by atoms with Gasteiger partial charge in [-0.05, 0) is 47.9 Å². The molecule has 180 valence electrons. The molecule has 34 heavy (non-hydrogen) atoms. The second-order valence-electron chi connectivity index (χ2n) is 9.72. The Bertz CT molecular complexity index is 1120. The van der Waals surface area contributed by atoms with Gasteiger partial charge in [-0.2, -0.15) is 0 Å². The number of nitrogens with one attached hydrogen (secondary N) is 1. The van der Waals surface area contributed by atoms with Crippen molar-refractivity contribution < 1.29 is 24.3 Å². The van der Waals surface area contributed by atoms with Gasteiger partial charge in [-0.15, -0.1) is 0 Å². The maximum absolute atomic E-state index is 13.7. The highest BCUT2D eigenvalue weighted by Crippen LogP contribution is 2.40. The number of Topliss-reactive ketones (excluding diaryl/α,β-unsaturated/α-hetero) is 1. The first kappa shape index (κ1) is 23.8. The van der Waals surface area contributed by atoms with Gasteiger partial charge in [0.15, 0.2) is 0 Å². The van der Waals surface area contributed by atoms with Crippen molar-refractivity contribution in [1.82, 2.24) is 4.90 Å². The van der Waals surface area contributed by atoms with Gasteiger partial charge < -0.3 is 24.5 Å². The molecule has 2 aromatic rings. The highest BCUT2D eigenvalue weighted by Gasteiger charge is 2.44. The van der Waals surface area contributed by atoms with Gasteiger partial charge in [0.2, 0.25) is 5.78 Å². The molecule has 4 rings (SSSR count). The lowest BCUT2D eigenvalue weighted by Crippen LogP contribution is -3.05. The number of benzene rings is 2. The number of amides is 1. The Morgan fingerprint density at radius 3 is 2.50 bits per heavy atom. The quantitative estimate of drug-likeness (QED) is 0.374. The molecule has 1 amide bonds. The molecular formula is C27H33N3O4. The van der Waals surface area contributed by atoms with Gasteiger partial charge in [0, 0.05) is 44.7 Å². The molecule has 0 saturated carbocycles. The van der Waals surface area contributed by atoms with Crippen LogP contribution in [0.15, 0.2) is 48.0 Å². The van der Waals surface area contributed by atoms with Crippen molar-refractivity contribution in [3.8, 4) is 5.75 Å². The van der Waals surface area contributed by atoms with Crippen LogP contribution in [0.2, 0.25) is 0 Å². The summed E-state index contributed by atoms with van der Waals surface area (Å²) < 4.78 is 5.75. The molecule has 0 bridgehead atoms. The Labute approximate surface area is 201 Å². The molecule has 2 atom stereocenters. The highest BCUT2D eigenvalue weighted by atomic mass is 16.5. The fourth-order valence-corrected chi connectivity index (χ4v) is 4.72. The zero-order valence-electron chi connectivity index (χ0n) is 20.6. The summed E-state index contributed by atoms with van der Waals surface area (Å²) in [6, 6.07) is 12.3. The Hall–Kier alpha value is -3.32. The Kier molecular flexibility index (Phi) is 6.66. The molecule has 2 unspecified atom stereocenters. The van der Waals surface area contributed by atoms with Crippen molar-refractivity contribution in [2.45, 2.75) is 31.9 Å². The first-order valence-corrected chi connectivity index (χ1v) is 11.8. The smallest absolute Gasteiger partial charge is 0.295 e. The predicted octanol–water partition coefficient (Wildman–Crippen LogP) is 0.835. The van der Waals surface area contributed by atoms with Crippen LogP contribution in [0.25, 0.3) is 5.76 Å². The fourth-order valence-electron chi connectivity index (χ4n) is 4.72. The van der Waals surface area contributed by atoms with E-state index in [9.17, 15) is 14.7 Å². The number of carbonyl (C=O) groups excluding carboxylic acids is 2. The molecule has 0 aliphatic carbocycles. The number of hydrogen-bond donors (Lipinski definition) is 1. The van der Waals surface area contributed by atoms with Crippen LogP contribution in [0.5, 0.6) is 5.75 Å². The molecule has 2 aromatic carbocycles. The van der Waals surface area contributed by atoms with Gasteiger partial charge in [0.1, 0.15) is 11.9 Å². The van der Waals surface area contributed by atoms with E-state index in [1.54, 1.807) is 23.1 Å². The van der Waals surface area contributed by atoms with Gasteiger partial charge in [0.25, 0.3) is 5.91 Å². The lowest BCUT2D eigenvalue weighted by Gasteiger charge is -2.28. The number of ketones is 1. The van der Waals surface area contributed by atoms with Crippen molar-refractivity contribution in [3.63, 3.8) is 0 Å². The number of fused-ring (bicyclic) bond motifs is 1. The Morgan fingerprint density at radius 1 is 1.15 bits per heavy atom. The predicted molar refractivity (Wildman–Crippen MR) is 130 cm³/mol. The summed E-state index contributed by atoms with van der Waals surface area (Å²) in [6.07, 6.45) is 1.51. The number of carbonyl (C=O) groups is 2. The standard InChI is InChI=1S/C27H33N3O4/c1-17-15-20-16-19(9-12-22(20)34-17)25(31)23-24(18-7-10-21(11-8-18)29(4)5)30(27(33)26(23)32)14-6-13-28(2)3/h7-12,16-17,24,31H,6,13-15H2,1-5H3. The number of ether oxygens (including phenoxy) is 1. The van der Waals surface area contributed by atoms with E-state index in [1.165, 1.54) is 4.90 Å². The summed E-state index contributed by atoms with van der Waals surface area (Å²) in [4.78, 5) is 31.1. The summed E-state index contributed by atoms with van der Waals surface area (Å²) in [5.41, 5.74) is 3.17. The van der Waals surface area contributed by atoms with Crippen molar-refractivity contribution >= 4 is 23.1 Å². The van der Waals surface area contributed by atoms with Gasteiger partial charge in [0.05, 0.1) is 26.7 Å². The van der Waals surface area contributed by atoms with E-state index in [4.69, 9.17) is 4.74 Å². The van der Waals surface area contributed by atoms with Crippen LogP contribution in [-0.2, 0) is 16.0 Å². The van der Waals surface area contributed by atoms with Crippen LogP contribution in [0, 0.1) is 0 Å². The van der Waals surface area contributed by atoms with E-state index < -0.39 is 17.7 Å². The summed E-state index contributed by atoms with van der Waals surface area (Å²) in [5, 5.41) is 13.7. The second-order valence-corrected chi connectivity index (χ2v) is 9.72. The van der Waals surface area contributed by atoms with E-state index in [0.717, 1.165) is 35.5 Å². The third-order valence-corrected chi connectivity index (χ3v) is 6.49. The third-order valence-electron chi connectivity index (χ3n) is 6.49. The monoisotopic (exact) mass is 463 g/mol. The molecule has 0 aromatic heterocycles. The zero-order chi connectivity index (χ0) is 24.6. The average Bonchev–Trinajstić information content (AvgIpc) is 3.29. The van der Waals surface area contributed by atoms with Crippen molar-refractivity contribution in [2.75, 3.05) is 46.2 Å². The average molecular weight is 464 g/mol. The SMILES string of the molecule is CC1Cc2cc(C([O-])=C3C(=O)C(=O)N(CCC[NH+](C)C)C3c3ccc(N(C)C)cc3)ccc2O1. The van der Waals surface area contributed by atoms with Crippen LogP contribution in [-0.4, -0.2) is 64.0 Å². The van der Waals surface area contributed by atoms with E-state index in [0.29, 0.717) is 18.5 Å². The minimum absolute atomic E-state index is 0.0340. The van der Waals surface area contributed by atoms with Gasteiger partial charge in [-0.3, -0.25) is 9.59 Å². The van der Waals surface area contributed by atoms with E-state index in [1.807, 2.05) is 64.3 Å². The number of likely N-dealkylation sites (tertiary alicyclic amines) is 1. The van der Waals surface area contributed by atoms with Crippen LogP contribution in [0.3, 0.4) is 0 Å². The minimum atomic E-state index is -0.700. The number of hydrogen-bond acceptors (Lipinski definition) is 5. The summed E-state index contributed by atoms with van der Waals surface area (Å²) in [7, 11) is 8.00. The summed E-state index contributed by atoms with van der Waals surface area (Å²) >= 11 is 0. The lowest BCUT2D eigenvalue weighted by molar-refractivity contribution is -0.858. The second kappa shape index (κ2) is 9.50. The summed E-state index contributed by atoms with van der Waals surface area (Å²) in [5.74, 6) is -0.916. The number of nitrogens with zero attached hydrogens (tertiary/aromatic N) is 2. The Balaban J connectivity index is 1.77. The van der Waals surface area contributed by atoms with E-state index in [2.05, 4.69) is 0 Å². The van der Waals surface area contributed by atoms with Crippen LogP contribution < -0.4 is 19.6 Å². The zero-order valence-corrected chi connectivity index (χ0v) is 20.6. The molecule has 0 radical (unpaired) electrons. The lowest BCUT2D eigenvalue weighted by atomic mass is 9.94. The molecular weight excluding hydrogens is 430 g/mol. The first-order valence-electron chi connectivity index (χ1n) is 11.8. The van der Waals surface area contributed by atoms with Crippen LogP contribution in [0.1, 0.15) is 36.1 Å². The molecule has 1 N–H and O–H groups in total. The van der Waals surface area contributed by atoms with Crippen molar-refractivity contribution in [1.29, 1.82) is 0 Å². The molecule has 7 nitrogen and oxygen atoms in total. The van der Waals surface area contributed by atoms with E-state index >= 15 is 0 Å². The molecule has 2 aliphatic heterocycles. The van der Waals surface area contributed by atoms with E-state index in [-0.39, 0.29) is 17.4 Å². The summed E-state index contributed by atoms with van der Waals surface area (Å²) in [6.45, 7) is 3.26. The maximum Gasteiger partial charge on any atom is 0.295 e.